The van der Waals surface area contributed by atoms with Gasteiger partial charge in [0.05, 0.1) is 29.2 Å². The van der Waals surface area contributed by atoms with Gasteiger partial charge in [0.15, 0.2) is 5.78 Å². The number of hydrogen-bond donors (Lipinski definition) is 0. The third kappa shape index (κ3) is 3.78. The van der Waals surface area contributed by atoms with Crippen molar-refractivity contribution in [2.75, 3.05) is 0 Å². The zero-order valence-corrected chi connectivity index (χ0v) is 26.1. The number of hydrogen-bond acceptors (Lipinski definition) is 3. The minimum atomic E-state index is -1.47. The first-order chi connectivity index (χ1) is 22.4. The first-order valence-electron chi connectivity index (χ1n) is 15.2. The molecule has 8 rings (SSSR count). The Morgan fingerprint density at radius 3 is 1.26 bits per heavy atom. The molecule has 0 spiro atoms. The van der Waals surface area contributed by atoms with Gasteiger partial charge in [-0.25, -0.2) is 0 Å². The van der Waals surface area contributed by atoms with Gasteiger partial charge in [0.25, 0.3) is 0 Å². The molecule has 4 nitrogen and oxygen atoms in total. The number of carbonyl (C=O) groups excluding carboxylic acids is 3. The number of imide groups is 1. The molecule has 2 bridgehead atoms. The maximum Gasteiger partial charge on any atom is 0.235 e. The van der Waals surface area contributed by atoms with E-state index in [9.17, 15) is 9.59 Å². The number of Topliss-reactive ketones (excluding diaryl/α,β-unsaturated/α-hetero) is 1. The Balaban J connectivity index is 1.52. The van der Waals surface area contributed by atoms with Crippen LogP contribution in [-0.2, 0) is 31.8 Å². The van der Waals surface area contributed by atoms with Crippen molar-refractivity contribution in [3.63, 3.8) is 0 Å². The Bertz CT molecular complexity index is 1920. The fourth-order valence-electron chi connectivity index (χ4n) is 8.34. The smallest absolute Gasteiger partial charge is 0.235 e. The predicted octanol–water partition coefficient (Wildman–Crippen LogP) is 8.18. The summed E-state index contributed by atoms with van der Waals surface area (Å²) >= 11 is 12.8. The summed E-state index contributed by atoms with van der Waals surface area (Å²) < 4.78 is 0. The molecule has 4 atom stereocenters. The lowest BCUT2D eigenvalue weighted by Crippen LogP contribution is -2.45. The zero-order chi connectivity index (χ0) is 31.6. The molecule has 2 fully saturated rings. The van der Waals surface area contributed by atoms with Crippen molar-refractivity contribution < 1.29 is 14.4 Å². The standard InChI is InChI=1S/C40H27Cl2NO3/c41-30-20-16-28(17-21-30)39-32(26-12-6-2-7-13-26)33(27-14-8-3-9-15-27)40(38(39)46,29-18-22-31(42)23-19-29)35-34(39)36(44)43(37(35)45)24-25-10-4-1-5-11-25/h1-23,34-35H,24H2/t34-,35-,39-,40-/m0/s1. The molecule has 0 radical (unpaired) electrons. The van der Waals surface area contributed by atoms with E-state index < -0.39 is 22.7 Å². The molecule has 1 saturated carbocycles. The largest absolute Gasteiger partial charge is 0.297 e. The van der Waals surface area contributed by atoms with Crippen LogP contribution in [0.3, 0.4) is 0 Å². The van der Waals surface area contributed by atoms with Crippen molar-refractivity contribution in [1.82, 2.24) is 4.90 Å². The molecule has 224 valence electrons. The van der Waals surface area contributed by atoms with Gasteiger partial charge in [-0.2, -0.15) is 0 Å². The highest BCUT2D eigenvalue weighted by atomic mass is 35.5. The number of amides is 2. The van der Waals surface area contributed by atoms with E-state index in [4.69, 9.17) is 23.2 Å². The summed E-state index contributed by atoms with van der Waals surface area (Å²) in [5, 5.41) is 1.02. The van der Waals surface area contributed by atoms with E-state index >= 15 is 4.79 Å². The Morgan fingerprint density at radius 1 is 0.500 bits per heavy atom. The molecule has 1 heterocycles. The average Bonchev–Trinajstić information content (AvgIpc) is 3.59. The first kappa shape index (κ1) is 28.7. The average molecular weight is 641 g/mol. The van der Waals surface area contributed by atoms with Crippen LogP contribution in [-0.4, -0.2) is 22.5 Å². The third-order valence-corrected chi connectivity index (χ3v) is 10.5. The Labute approximate surface area is 276 Å². The van der Waals surface area contributed by atoms with Gasteiger partial charge in [-0.1, -0.05) is 138 Å². The van der Waals surface area contributed by atoms with E-state index in [0.29, 0.717) is 21.2 Å². The molecule has 1 saturated heterocycles. The maximum atomic E-state index is 15.9. The van der Waals surface area contributed by atoms with Crippen LogP contribution in [0.1, 0.15) is 27.8 Å². The van der Waals surface area contributed by atoms with Crippen LogP contribution in [0.2, 0.25) is 10.0 Å². The fraction of sp³-hybridized carbons (Fsp3) is 0.125. The van der Waals surface area contributed by atoms with Gasteiger partial charge in [0.2, 0.25) is 11.8 Å². The van der Waals surface area contributed by atoms with Crippen LogP contribution in [0.15, 0.2) is 140 Å². The van der Waals surface area contributed by atoms with Gasteiger partial charge in [-0.05, 0) is 63.2 Å². The summed E-state index contributed by atoms with van der Waals surface area (Å²) in [7, 11) is 0. The second kappa shape index (κ2) is 10.7. The second-order valence-corrected chi connectivity index (χ2v) is 13.0. The number of ketones is 1. The molecule has 5 aromatic carbocycles. The van der Waals surface area contributed by atoms with Crippen LogP contribution in [0.4, 0.5) is 0 Å². The number of fused-ring (bicyclic) bond motifs is 5. The Morgan fingerprint density at radius 2 is 0.870 bits per heavy atom. The summed E-state index contributed by atoms with van der Waals surface area (Å²) in [6, 6.07) is 43.4. The van der Waals surface area contributed by atoms with E-state index in [1.807, 2.05) is 115 Å². The lowest BCUT2D eigenvalue weighted by molar-refractivity contribution is -0.143. The van der Waals surface area contributed by atoms with Crippen molar-refractivity contribution in [3.8, 4) is 0 Å². The molecule has 0 aromatic heterocycles. The van der Waals surface area contributed by atoms with E-state index in [0.717, 1.165) is 27.8 Å². The molecule has 2 amide bonds. The van der Waals surface area contributed by atoms with E-state index in [1.54, 1.807) is 24.3 Å². The van der Waals surface area contributed by atoms with Gasteiger partial charge in [-0.3, -0.25) is 19.3 Å². The van der Waals surface area contributed by atoms with Crippen molar-refractivity contribution in [2.24, 2.45) is 11.8 Å². The van der Waals surface area contributed by atoms with Gasteiger partial charge in [-0.15, -0.1) is 0 Å². The van der Waals surface area contributed by atoms with Gasteiger partial charge < -0.3 is 0 Å². The Hall–Kier alpha value is -4.77. The number of halogens is 2. The summed E-state index contributed by atoms with van der Waals surface area (Å²) in [4.78, 5) is 47.1. The second-order valence-electron chi connectivity index (χ2n) is 12.1. The van der Waals surface area contributed by atoms with Crippen LogP contribution in [0.25, 0.3) is 11.1 Å². The van der Waals surface area contributed by atoms with Gasteiger partial charge in [0.1, 0.15) is 0 Å². The van der Waals surface area contributed by atoms with Crippen molar-refractivity contribution in [2.45, 2.75) is 17.4 Å². The monoisotopic (exact) mass is 639 g/mol. The third-order valence-electron chi connectivity index (χ3n) is 9.99. The van der Waals surface area contributed by atoms with Crippen LogP contribution in [0.5, 0.6) is 0 Å². The van der Waals surface area contributed by atoms with Gasteiger partial charge >= 0.3 is 0 Å². The molecule has 46 heavy (non-hydrogen) atoms. The van der Waals surface area contributed by atoms with Crippen LogP contribution >= 0.6 is 23.2 Å². The lowest BCUT2D eigenvalue weighted by atomic mass is 9.59. The van der Waals surface area contributed by atoms with Crippen molar-refractivity contribution >= 4 is 51.9 Å². The summed E-state index contributed by atoms with van der Waals surface area (Å²) in [5.74, 6) is -2.83. The van der Waals surface area contributed by atoms with Crippen LogP contribution < -0.4 is 0 Å². The minimum Gasteiger partial charge on any atom is -0.297 e. The lowest BCUT2D eigenvalue weighted by Gasteiger charge is -2.39. The highest BCUT2D eigenvalue weighted by Gasteiger charge is 2.82. The number of nitrogens with zero attached hydrogens (tertiary/aromatic N) is 1. The molecule has 2 aliphatic carbocycles. The highest BCUT2D eigenvalue weighted by Crippen LogP contribution is 2.74. The quantitative estimate of drug-likeness (QED) is 0.176. The number of rotatable bonds is 6. The van der Waals surface area contributed by atoms with E-state index in [2.05, 4.69) is 0 Å². The number of allylic oxidation sites excluding steroid dienone is 2. The normalized spacial score (nSPS) is 25.0. The van der Waals surface area contributed by atoms with Crippen LogP contribution in [0, 0.1) is 11.8 Å². The fourth-order valence-corrected chi connectivity index (χ4v) is 8.59. The molecule has 3 aliphatic rings. The van der Waals surface area contributed by atoms with E-state index in [-0.39, 0.29) is 24.1 Å². The molecule has 0 unspecified atom stereocenters. The molecule has 0 N–H and O–H groups in total. The summed E-state index contributed by atoms with van der Waals surface area (Å²) in [6.45, 7) is 0.119. The number of benzene rings is 5. The van der Waals surface area contributed by atoms with Crippen molar-refractivity contribution in [3.05, 3.63) is 177 Å². The van der Waals surface area contributed by atoms with Crippen molar-refractivity contribution in [1.29, 1.82) is 0 Å². The molecule has 1 aliphatic heterocycles. The Kier molecular flexibility index (Phi) is 6.64. The maximum absolute atomic E-state index is 15.9. The SMILES string of the molecule is O=C1[C@@H]2[C@@H](C(=O)N1Cc1ccccc1)[C@@]1(c3ccc(Cl)cc3)C(=O)[C@@]2(c2ccc(Cl)cc2)C(c2ccccc2)=C1c1ccccc1. The number of carbonyl (C=O) groups is 3. The minimum absolute atomic E-state index is 0.119. The topological polar surface area (TPSA) is 54.5 Å². The highest BCUT2D eigenvalue weighted by molar-refractivity contribution is 6.36. The zero-order valence-electron chi connectivity index (χ0n) is 24.6. The predicted molar refractivity (Wildman–Crippen MR) is 180 cm³/mol. The molecule has 5 aromatic rings. The summed E-state index contributed by atoms with van der Waals surface area (Å²) in [5.41, 5.74) is 2.29. The molecular weight excluding hydrogens is 613 g/mol. The van der Waals surface area contributed by atoms with E-state index in [1.165, 1.54) is 4.90 Å². The first-order valence-corrected chi connectivity index (χ1v) is 16.0. The molecule has 6 heteroatoms. The summed E-state index contributed by atoms with van der Waals surface area (Å²) in [6.07, 6.45) is 0. The number of likely N-dealkylation sites (tertiary alicyclic amines) is 1. The molecular formula is C40H27Cl2NO3. The van der Waals surface area contributed by atoms with Gasteiger partial charge in [0, 0.05) is 10.0 Å².